The minimum absolute atomic E-state index is 0.189. The first-order chi connectivity index (χ1) is 7.27. The van der Waals surface area contributed by atoms with E-state index in [4.69, 9.17) is 0 Å². The molecule has 0 amide bonds. The van der Waals surface area contributed by atoms with Crippen molar-refractivity contribution in [1.82, 2.24) is 5.32 Å². The SMILES string of the molecule is FC(F)C(NCc1ccccc1)C1CC1. The fourth-order valence-electron chi connectivity index (χ4n) is 1.75. The van der Waals surface area contributed by atoms with Crippen LogP contribution in [-0.2, 0) is 6.54 Å². The molecule has 15 heavy (non-hydrogen) atoms. The molecule has 1 saturated carbocycles. The van der Waals surface area contributed by atoms with Crippen LogP contribution < -0.4 is 5.32 Å². The average molecular weight is 211 g/mol. The second-order valence-corrected chi connectivity index (χ2v) is 4.06. The molecule has 0 aromatic heterocycles. The lowest BCUT2D eigenvalue weighted by Crippen LogP contribution is -2.37. The zero-order valence-corrected chi connectivity index (χ0v) is 8.50. The number of hydrogen-bond acceptors (Lipinski definition) is 1. The maximum Gasteiger partial charge on any atom is 0.253 e. The third kappa shape index (κ3) is 2.99. The Labute approximate surface area is 88.5 Å². The quantitative estimate of drug-likeness (QED) is 0.789. The minimum Gasteiger partial charge on any atom is -0.305 e. The molecule has 1 aliphatic carbocycles. The Morgan fingerprint density at radius 3 is 2.40 bits per heavy atom. The molecule has 1 aliphatic rings. The van der Waals surface area contributed by atoms with Crippen molar-refractivity contribution in [2.75, 3.05) is 0 Å². The van der Waals surface area contributed by atoms with Crippen molar-refractivity contribution in [2.24, 2.45) is 5.92 Å². The summed E-state index contributed by atoms with van der Waals surface area (Å²) in [5.74, 6) is 0.189. The maximum atomic E-state index is 12.6. The predicted molar refractivity (Wildman–Crippen MR) is 55.8 cm³/mol. The van der Waals surface area contributed by atoms with Gasteiger partial charge < -0.3 is 5.32 Å². The second-order valence-electron chi connectivity index (χ2n) is 4.06. The molecule has 1 aromatic rings. The number of benzene rings is 1. The summed E-state index contributed by atoms with van der Waals surface area (Å²) >= 11 is 0. The van der Waals surface area contributed by atoms with Gasteiger partial charge in [-0.05, 0) is 24.3 Å². The topological polar surface area (TPSA) is 12.0 Å². The van der Waals surface area contributed by atoms with Crippen LogP contribution in [0.1, 0.15) is 18.4 Å². The normalized spacial score (nSPS) is 18.1. The van der Waals surface area contributed by atoms with Crippen molar-refractivity contribution in [3.8, 4) is 0 Å². The van der Waals surface area contributed by atoms with Crippen LogP contribution in [0.15, 0.2) is 30.3 Å². The Morgan fingerprint density at radius 1 is 1.20 bits per heavy atom. The lowest BCUT2D eigenvalue weighted by Gasteiger charge is -2.17. The third-order valence-corrected chi connectivity index (χ3v) is 2.79. The fraction of sp³-hybridized carbons (Fsp3) is 0.500. The smallest absolute Gasteiger partial charge is 0.253 e. The number of rotatable bonds is 5. The minimum atomic E-state index is -2.25. The molecule has 1 fully saturated rings. The van der Waals surface area contributed by atoms with E-state index >= 15 is 0 Å². The first-order valence-electron chi connectivity index (χ1n) is 5.33. The van der Waals surface area contributed by atoms with E-state index < -0.39 is 12.5 Å². The second kappa shape index (κ2) is 4.71. The van der Waals surface area contributed by atoms with Gasteiger partial charge in [-0.15, -0.1) is 0 Å². The highest BCUT2D eigenvalue weighted by Crippen LogP contribution is 2.35. The lowest BCUT2D eigenvalue weighted by molar-refractivity contribution is 0.0872. The summed E-state index contributed by atoms with van der Waals surface area (Å²) in [4.78, 5) is 0. The largest absolute Gasteiger partial charge is 0.305 e. The standard InChI is InChI=1S/C12H15F2N/c13-12(14)11(10-6-7-10)15-8-9-4-2-1-3-5-9/h1-5,10-12,15H,6-8H2. The van der Waals surface area contributed by atoms with Gasteiger partial charge in [0, 0.05) is 6.54 Å². The number of hydrogen-bond donors (Lipinski definition) is 1. The average Bonchev–Trinajstić information content (AvgIpc) is 3.03. The highest BCUT2D eigenvalue weighted by Gasteiger charge is 2.36. The molecule has 0 saturated heterocycles. The van der Waals surface area contributed by atoms with E-state index in [0.717, 1.165) is 18.4 Å². The summed E-state index contributed by atoms with van der Waals surface area (Å²) in [6, 6.07) is 9.04. The van der Waals surface area contributed by atoms with E-state index in [9.17, 15) is 8.78 Å². The Balaban J connectivity index is 1.85. The van der Waals surface area contributed by atoms with Crippen molar-refractivity contribution in [2.45, 2.75) is 31.9 Å². The van der Waals surface area contributed by atoms with Gasteiger partial charge in [0.1, 0.15) is 0 Å². The van der Waals surface area contributed by atoms with Crippen LogP contribution in [0.4, 0.5) is 8.78 Å². The molecule has 0 heterocycles. The monoisotopic (exact) mass is 211 g/mol. The zero-order valence-electron chi connectivity index (χ0n) is 8.50. The van der Waals surface area contributed by atoms with Crippen LogP contribution in [0.5, 0.6) is 0 Å². The third-order valence-electron chi connectivity index (χ3n) is 2.79. The highest BCUT2D eigenvalue weighted by atomic mass is 19.3. The van der Waals surface area contributed by atoms with E-state index in [2.05, 4.69) is 5.32 Å². The van der Waals surface area contributed by atoms with Crippen LogP contribution in [0.2, 0.25) is 0 Å². The molecular weight excluding hydrogens is 196 g/mol. The Morgan fingerprint density at radius 2 is 1.87 bits per heavy atom. The van der Waals surface area contributed by atoms with Crippen molar-refractivity contribution in [3.63, 3.8) is 0 Å². The van der Waals surface area contributed by atoms with Gasteiger partial charge in [0.15, 0.2) is 0 Å². The molecule has 0 spiro atoms. The first kappa shape index (κ1) is 10.6. The summed E-state index contributed by atoms with van der Waals surface area (Å²) in [6.07, 6.45) is -0.366. The summed E-state index contributed by atoms with van der Waals surface area (Å²) in [5.41, 5.74) is 1.06. The number of alkyl halides is 2. The van der Waals surface area contributed by atoms with Gasteiger partial charge >= 0.3 is 0 Å². The van der Waals surface area contributed by atoms with E-state index in [1.807, 2.05) is 30.3 Å². The van der Waals surface area contributed by atoms with Gasteiger partial charge in [-0.1, -0.05) is 30.3 Å². The fourth-order valence-corrected chi connectivity index (χ4v) is 1.75. The van der Waals surface area contributed by atoms with Crippen molar-refractivity contribution < 1.29 is 8.78 Å². The summed E-state index contributed by atoms with van der Waals surface area (Å²) < 4.78 is 25.3. The molecule has 0 bridgehead atoms. The zero-order chi connectivity index (χ0) is 10.7. The van der Waals surface area contributed by atoms with Crippen LogP contribution in [-0.4, -0.2) is 12.5 Å². The molecule has 0 aliphatic heterocycles. The van der Waals surface area contributed by atoms with E-state index in [1.165, 1.54) is 0 Å². The Hall–Kier alpha value is -0.960. The molecule has 82 valence electrons. The van der Waals surface area contributed by atoms with E-state index in [-0.39, 0.29) is 5.92 Å². The summed E-state index contributed by atoms with van der Waals surface area (Å²) in [7, 11) is 0. The predicted octanol–water partition coefficient (Wildman–Crippen LogP) is 2.82. The van der Waals surface area contributed by atoms with Gasteiger partial charge in [-0.3, -0.25) is 0 Å². The molecule has 0 radical (unpaired) electrons. The van der Waals surface area contributed by atoms with Crippen molar-refractivity contribution in [3.05, 3.63) is 35.9 Å². The first-order valence-corrected chi connectivity index (χ1v) is 5.33. The highest BCUT2D eigenvalue weighted by molar-refractivity contribution is 5.14. The molecule has 1 atom stereocenters. The molecular formula is C12H15F2N. The maximum absolute atomic E-state index is 12.6. The van der Waals surface area contributed by atoms with E-state index in [0.29, 0.717) is 6.54 Å². The molecule has 1 N–H and O–H groups in total. The molecule has 1 nitrogen and oxygen atoms in total. The molecule has 2 rings (SSSR count). The van der Waals surface area contributed by atoms with E-state index in [1.54, 1.807) is 0 Å². The number of nitrogens with one attached hydrogen (secondary N) is 1. The Bertz CT molecular complexity index is 294. The summed E-state index contributed by atoms with van der Waals surface area (Å²) in [5, 5.41) is 2.95. The number of halogens is 2. The van der Waals surface area contributed by atoms with Gasteiger partial charge in [0.05, 0.1) is 6.04 Å². The molecule has 1 unspecified atom stereocenters. The van der Waals surface area contributed by atoms with Gasteiger partial charge in [-0.25, -0.2) is 8.78 Å². The van der Waals surface area contributed by atoms with Crippen molar-refractivity contribution in [1.29, 1.82) is 0 Å². The van der Waals surface area contributed by atoms with Crippen LogP contribution in [0.3, 0.4) is 0 Å². The van der Waals surface area contributed by atoms with Crippen LogP contribution in [0, 0.1) is 5.92 Å². The van der Waals surface area contributed by atoms with Gasteiger partial charge in [0.2, 0.25) is 0 Å². The van der Waals surface area contributed by atoms with Crippen molar-refractivity contribution >= 4 is 0 Å². The van der Waals surface area contributed by atoms with Crippen LogP contribution >= 0.6 is 0 Å². The van der Waals surface area contributed by atoms with Gasteiger partial charge in [-0.2, -0.15) is 0 Å². The molecule has 3 heteroatoms. The Kier molecular flexibility index (Phi) is 3.31. The molecule has 1 aromatic carbocycles. The van der Waals surface area contributed by atoms with Gasteiger partial charge in [0.25, 0.3) is 6.43 Å². The van der Waals surface area contributed by atoms with Crippen LogP contribution in [0.25, 0.3) is 0 Å². The lowest BCUT2D eigenvalue weighted by atomic mass is 10.1. The summed E-state index contributed by atoms with van der Waals surface area (Å²) in [6.45, 7) is 0.534.